The minimum atomic E-state index is -0.0550. The minimum Gasteiger partial charge on any atom is -0.384 e. The lowest BCUT2D eigenvalue weighted by Gasteiger charge is -2.21. The Hall–Kier alpha value is -1.43. The van der Waals surface area contributed by atoms with Crippen LogP contribution in [0.1, 0.15) is 37.0 Å². The molecule has 0 N–H and O–H groups in total. The van der Waals surface area contributed by atoms with Gasteiger partial charge in [-0.05, 0) is 19.8 Å². The van der Waals surface area contributed by atoms with E-state index < -0.39 is 0 Å². The Morgan fingerprint density at radius 1 is 1.65 bits per heavy atom. The summed E-state index contributed by atoms with van der Waals surface area (Å²) in [6, 6.07) is -0.0550. The number of nitrogens with zero attached hydrogens (tertiary/aromatic N) is 3. The highest BCUT2D eigenvalue weighted by Gasteiger charge is 2.33. The van der Waals surface area contributed by atoms with Crippen LogP contribution in [0.3, 0.4) is 0 Å². The predicted octanol–water partition coefficient (Wildman–Crippen LogP) is 1.08. The van der Waals surface area contributed by atoms with Crippen LogP contribution >= 0.6 is 0 Å². The minimum absolute atomic E-state index is 0.0550. The molecule has 0 spiro atoms. The second-order valence-electron chi connectivity index (χ2n) is 4.17. The van der Waals surface area contributed by atoms with Crippen LogP contribution in [0.2, 0.25) is 0 Å². The van der Waals surface area contributed by atoms with E-state index in [0.29, 0.717) is 24.7 Å². The molecular formula is C11H17N3O3. The molecule has 1 aliphatic heterocycles. The van der Waals surface area contributed by atoms with Crippen molar-refractivity contribution in [3.8, 4) is 0 Å². The Labute approximate surface area is 99.9 Å². The van der Waals surface area contributed by atoms with Crippen LogP contribution in [-0.4, -0.2) is 41.2 Å². The number of hydrogen-bond donors (Lipinski definition) is 0. The van der Waals surface area contributed by atoms with Gasteiger partial charge in [0, 0.05) is 13.7 Å². The Morgan fingerprint density at radius 3 is 3.12 bits per heavy atom. The van der Waals surface area contributed by atoms with E-state index in [0.717, 1.165) is 19.4 Å². The molecule has 94 valence electrons. The maximum atomic E-state index is 12.0. The fourth-order valence-corrected chi connectivity index (χ4v) is 2.10. The van der Waals surface area contributed by atoms with Crippen molar-refractivity contribution in [2.24, 2.45) is 0 Å². The molecule has 6 heteroatoms. The molecule has 1 aromatic heterocycles. The van der Waals surface area contributed by atoms with Crippen molar-refractivity contribution in [1.82, 2.24) is 15.0 Å². The zero-order valence-corrected chi connectivity index (χ0v) is 10.2. The summed E-state index contributed by atoms with van der Waals surface area (Å²) in [5.74, 6) is 1.24. The highest BCUT2D eigenvalue weighted by atomic mass is 16.5. The van der Waals surface area contributed by atoms with Crippen molar-refractivity contribution in [2.75, 3.05) is 20.3 Å². The summed E-state index contributed by atoms with van der Waals surface area (Å²) >= 11 is 0. The van der Waals surface area contributed by atoms with E-state index in [-0.39, 0.29) is 11.9 Å². The molecule has 1 saturated heterocycles. The molecule has 1 amide bonds. The zero-order chi connectivity index (χ0) is 12.3. The summed E-state index contributed by atoms with van der Waals surface area (Å²) < 4.78 is 10.1. The van der Waals surface area contributed by atoms with Crippen molar-refractivity contribution in [2.45, 2.75) is 32.2 Å². The highest BCUT2D eigenvalue weighted by molar-refractivity contribution is 5.77. The summed E-state index contributed by atoms with van der Waals surface area (Å²) in [7, 11) is 1.59. The number of hydrogen-bond acceptors (Lipinski definition) is 5. The number of methoxy groups -OCH3 is 1. The fourth-order valence-electron chi connectivity index (χ4n) is 2.10. The molecule has 1 atom stereocenters. The molecule has 0 aromatic carbocycles. The third-order valence-corrected chi connectivity index (χ3v) is 2.92. The quantitative estimate of drug-likeness (QED) is 0.786. The molecule has 0 saturated carbocycles. The first kappa shape index (κ1) is 12.0. The van der Waals surface area contributed by atoms with Gasteiger partial charge in [0.05, 0.1) is 13.0 Å². The molecule has 1 aliphatic rings. The van der Waals surface area contributed by atoms with Gasteiger partial charge in [-0.2, -0.15) is 4.98 Å². The summed E-state index contributed by atoms with van der Waals surface area (Å²) in [4.78, 5) is 18.0. The average molecular weight is 239 g/mol. The standard InChI is InChI=1S/C11H17N3O3/c1-8-12-11(17-13-8)9-4-3-6-14(9)10(15)5-7-16-2/h9H,3-7H2,1-2H3. The first-order valence-corrected chi connectivity index (χ1v) is 5.81. The molecule has 1 aromatic rings. The third kappa shape index (κ3) is 2.63. The van der Waals surface area contributed by atoms with Crippen LogP contribution in [0.15, 0.2) is 4.52 Å². The van der Waals surface area contributed by atoms with Crippen molar-refractivity contribution in [3.05, 3.63) is 11.7 Å². The SMILES string of the molecule is COCCC(=O)N1CCCC1c1nc(C)no1. The van der Waals surface area contributed by atoms with E-state index in [2.05, 4.69) is 10.1 Å². The van der Waals surface area contributed by atoms with Gasteiger partial charge in [0.1, 0.15) is 6.04 Å². The van der Waals surface area contributed by atoms with Crippen LogP contribution in [0.5, 0.6) is 0 Å². The summed E-state index contributed by atoms with van der Waals surface area (Å²) in [6.45, 7) is 2.98. The van der Waals surface area contributed by atoms with Crippen molar-refractivity contribution < 1.29 is 14.1 Å². The van der Waals surface area contributed by atoms with Gasteiger partial charge in [-0.1, -0.05) is 5.16 Å². The van der Waals surface area contributed by atoms with Crippen LogP contribution in [0.4, 0.5) is 0 Å². The van der Waals surface area contributed by atoms with E-state index in [1.807, 2.05) is 4.90 Å². The Balaban J connectivity index is 2.04. The Kier molecular flexibility index (Phi) is 3.73. The van der Waals surface area contributed by atoms with Gasteiger partial charge in [-0.3, -0.25) is 4.79 Å². The Bertz CT molecular complexity index is 391. The van der Waals surface area contributed by atoms with Crippen LogP contribution in [-0.2, 0) is 9.53 Å². The van der Waals surface area contributed by atoms with Crippen LogP contribution < -0.4 is 0 Å². The maximum Gasteiger partial charge on any atom is 0.249 e. The van der Waals surface area contributed by atoms with Gasteiger partial charge in [-0.25, -0.2) is 0 Å². The van der Waals surface area contributed by atoms with E-state index in [4.69, 9.17) is 9.26 Å². The number of rotatable bonds is 4. The van der Waals surface area contributed by atoms with Gasteiger partial charge < -0.3 is 14.2 Å². The van der Waals surface area contributed by atoms with Crippen LogP contribution in [0.25, 0.3) is 0 Å². The van der Waals surface area contributed by atoms with Crippen molar-refractivity contribution >= 4 is 5.91 Å². The lowest BCUT2D eigenvalue weighted by Crippen LogP contribution is -2.31. The molecule has 0 bridgehead atoms. The molecule has 0 radical (unpaired) electrons. The first-order chi connectivity index (χ1) is 8.22. The summed E-state index contributed by atoms with van der Waals surface area (Å²) in [5, 5.41) is 3.77. The number of aromatic nitrogens is 2. The second kappa shape index (κ2) is 5.27. The topological polar surface area (TPSA) is 68.5 Å². The van der Waals surface area contributed by atoms with Crippen molar-refractivity contribution in [3.63, 3.8) is 0 Å². The summed E-state index contributed by atoms with van der Waals surface area (Å²) in [5.41, 5.74) is 0. The highest BCUT2D eigenvalue weighted by Crippen LogP contribution is 2.31. The number of carbonyl (C=O) groups is 1. The molecule has 0 aliphatic carbocycles. The Morgan fingerprint density at radius 2 is 2.47 bits per heavy atom. The largest absolute Gasteiger partial charge is 0.384 e. The lowest BCUT2D eigenvalue weighted by molar-refractivity contribution is -0.133. The molecule has 2 heterocycles. The van der Waals surface area contributed by atoms with Crippen molar-refractivity contribution in [1.29, 1.82) is 0 Å². The fraction of sp³-hybridized carbons (Fsp3) is 0.727. The number of carbonyl (C=O) groups excluding carboxylic acids is 1. The third-order valence-electron chi connectivity index (χ3n) is 2.92. The number of ether oxygens (including phenoxy) is 1. The number of likely N-dealkylation sites (tertiary alicyclic amines) is 1. The molecule has 1 fully saturated rings. The molecule has 2 rings (SSSR count). The first-order valence-electron chi connectivity index (χ1n) is 5.81. The maximum absolute atomic E-state index is 12.0. The monoisotopic (exact) mass is 239 g/mol. The van der Waals surface area contributed by atoms with E-state index in [1.165, 1.54) is 0 Å². The van der Waals surface area contributed by atoms with E-state index in [9.17, 15) is 4.79 Å². The van der Waals surface area contributed by atoms with Gasteiger partial charge in [0.2, 0.25) is 11.8 Å². The number of amides is 1. The molecule has 1 unspecified atom stereocenters. The normalized spacial score (nSPS) is 19.9. The van der Waals surface area contributed by atoms with E-state index >= 15 is 0 Å². The zero-order valence-electron chi connectivity index (χ0n) is 10.2. The van der Waals surface area contributed by atoms with Crippen LogP contribution in [0, 0.1) is 6.92 Å². The number of aryl methyl sites for hydroxylation is 1. The van der Waals surface area contributed by atoms with Gasteiger partial charge in [-0.15, -0.1) is 0 Å². The second-order valence-corrected chi connectivity index (χ2v) is 4.17. The predicted molar refractivity (Wildman–Crippen MR) is 59.2 cm³/mol. The summed E-state index contributed by atoms with van der Waals surface area (Å²) in [6.07, 6.45) is 2.27. The van der Waals surface area contributed by atoms with Gasteiger partial charge >= 0.3 is 0 Å². The molecular weight excluding hydrogens is 222 g/mol. The average Bonchev–Trinajstić information content (AvgIpc) is 2.93. The smallest absolute Gasteiger partial charge is 0.249 e. The molecule has 17 heavy (non-hydrogen) atoms. The molecule has 6 nitrogen and oxygen atoms in total. The lowest BCUT2D eigenvalue weighted by atomic mass is 10.2. The van der Waals surface area contributed by atoms with E-state index in [1.54, 1.807) is 14.0 Å². The van der Waals surface area contributed by atoms with Gasteiger partial charge in [0.25, 0.3) is 0 Å². The van der Waals surface area contributed by atoms with Gasteiger partial charge in [0.15, 0.2) is 5.82 Å².